The molecule has 1 unspecified atom stereocenters. The summed E-state index contributed by atoms with van der Waals surface area (Å²) in [6.07, 6.45) is 1.70. The van der Waals surface area contributed by atoms with Crippen LogP contribution in [0.4, 0.5) is 0 Å². The molecule has 2 aromatic carbocycles. The van der Waals surface area contributed by atoms with Crippen LogP contribution >= 0.6 is 34.8 Å². The molecule has 0 aromatic heterocycles. The van der Waals surface area contributed by atoms with E-state index in [4.69, 9.17) is 34.8 Å². The number of rotatable bonds is 11. The fourth-order valence-corrected chi connectivity index (χ4v) is 4.93. The standard InChI is InChI=1S/C25H28Cl3N3O5/c26-16-4-1-3-15(13-16)21(32)7-6-14-11-17(27)22(18(28)12-14)24(34)31-20(25(35)36)8-10-30-23(33)19-5-2-9-29-19/h1,3-4,11-13,19-21,29,32H,2,5-10H2,(H,30,33)(H,31,34)(H,35,36)/t19-,20-,21?/m0/s1. The van der Waals surface area contributed by atoms with Crippen molar-refractivity contribution in [2.45, 2.75) is 50.3 Å². The second-order valence-electron chi connectivity index (χ2n) is 8.64. The minimum Gasteiger partial charge on any atom is -0.480 e. The topological polar surface area (TPSA) is 128 Å². The number of aliphatic hydroxyl groups excluding tert-OH is 1. The van der Waals surface area contributed by atoms with Gasteiger partial charge in [-0.05, 0) is 74.0 Å². The molecule has 3 atom stereocenters. The molecule has 2 aromatic rings. The molecule has 1 heterocycles. The van der Waals surface area contributed by atoms with Gasteiger partial charge < -0.3 is 26.2 Å². The normalized spacial score (nSPS) is 16.8. The lowest BCUT2D eigenvalue weighted by molar-refractivity contribution is -0.139. The number of carbonyl (C=O) groups excluding carboxylic acids is 2. The lowest BCUT2D eigenvalue weighted by Crippen LogP contribution is -2.45. The molecule has 1 fully saturated rings. The van der Waals surface area contributed by atoms with Gasteiger partial charge in [0.1, 0.15) is 6.04 Å². The van der Waals surface area contributed by atoms with E-state index in [0.717, 1.165) is 19.4 Å². The van der Waals surface area contributed by atoms with Crippen LogP contribution in [0, 0.1) is 0 Å². The Bertz CT molecular complexity index is 1090. The van der Waals surface area contributed by atoms with Gasteiger partial charge in [0, 0.05) is 11.6 Å². The third-order valence-corrected chi connectivity index (χ3v) is 6.81. The zero-order valence-corrected chi connectivity index (χ0v) is 21.7. The SMILES string of the molecule is O=C(N[C@@H](CCNC(=O)[C@@H]1CCCN1)C(=O)O)c1c(Cl)cc(CCC(O)c2cccc(Cl)c2)cc1Cl. The highest BCUT2D eigenvalue weighted by atomic mass is 35.5. The largest absolute Gasteiger partial charge is 0.480 e. The van der Waals surface area contributed by atoms with Crippen molar-refractivity contribution in [3.8, 4) is 0 Å². The summed E-state index contributed by atoms with van der Waals surface area (Å²) in [7, 11) is 0. The number of halogens is 3. The van der Waals surface area contributed by atoms with Gasteiger partial charge in [-0.15, -0.1) is 0 Å². The minimum atomic E-state index is -1.24. The lowest BCUT2D eigenvalue weighted by Gasteiger charge is -2.18. The Balaban J connectivity index is 1.58. The number of hydrogen-bond donors (Lipinski definition) is 5. The second-order valence-corrected chi connectivity index (χ2v) is 9.89. The third kappa shape index (κ3) is 7.82. The number of aryl methyl sites for hydroxylation is 1. The average Bonchev–Trinajstić information content (AvgIpc) is 3.36. The van der Waals surface area contributed by atoms with Crippen LogP contribution in [-0.2, 0) is 16.0 Å². The first kappa shape index (κ1) is 28.2. The van der Waals surface area contributed by atoms with Crippen LogP contribution in [0.1, 0.15) is 53.3 Å². The summed E-state index contributed by atoms with van der Waals surface area (Å²) in [6, 6.07) is 8.57. The van der Waals surface area contributed by atoms with Crippen molar-refractivity contribution in [3.05, 3.63) is 68.2 Å². The molecule has 0 saturated carbocycles. The lowest BCUT2D eigenvalue weighted by atomic mass is 10.0. The van der Waals surface area contributed by atoms with E-state index in [1.54, 1.807) is 36.4 Å². The number of nitrogens with one attached hydrogen (secondary N) is 3. The van der Waals surface area contributed by atoms with Crippen molar-refractivity contribution in [1.29, 1.82) is 0 Å². The fourth-order valence-electron chi connectivity index (χ4n) is 4.03. The van der Waals surface area contributed by atoms with Gasteiger partial charge in [0.25, 0.3) is 5.91 Å². The molecule has 0 radical (unpaired) electrons. The third-order valence-electron chi connectivity index (χ3n) is 5.98. The van der Waals surface area contributed by atoms with Crippen LogP contribution in [0.3, 0.4) is 0 Å². The van der Waals surface area contributed by atoms with E-state index < -0.39 is 24.0 Å². The molecular formula is C25H28Cl3N3O5. The van der Waals surface area contributed by atoms with E-state index in [0.29, 0.717) is 29.0 Å². The van der Waals surface area contributed by atoms with E-state index >= 15 is 0 Å². The summed E-state index contributed by atoms with van der Waals surface area (Å²) in [4.78, 5) is 36.6. The van der Waals surface area contributed by atoms with Gasteiger partial charge in [0.2, 0.25) is 5.91 Å². The molecular weight excluding hydrogens is 529 g/mol. The van der Waals surface area contributed by atoms with E-state index in [2.05, 4.69) is 16.0 Å². The van der Waals surface area contributed by atoms with Crippen LogP contribution in [0.5, 0.6) is 0 Å². The van der Waals surface area contributed by atoms with Crippen LogP contribution in [0.25, 0.3) is 0 Å². The van der Waals surface area contributed by atoms with Gasteiger partial charge in [0.15, 0.2) is 0 Å². The van der Waals surface area contributed by atoms with Gasteiger partial charge in [-0.25, -0.2) is 4.79 Å². The first-order chi connectivity index (χ1) is 17.2. The second kappa shape index (κ2) is 13.3. The van der Waals surface area contributed by atoms with Crippen molar-refractivity contribution in [3.63, 3.8) is 0 Å². The first-order valence-corrected chi connectivity index (χ1v) is 12.7. The van der Waals surface area contributed by atoms with E-state index in [1.165, 1.54) is 0 Å². The Morgan fingerprint density at radius 3 is 2.42 bits per heavy atom. The quantitative estimate of drug-likeness (QED) is 0.287. The van der Waals surface area contributed by atoms with Crippen LogP contribution in [-0.4, -0.2) is 53.2 Å². The van der Waals surface area contributed by atoms with Crippen LogP contribution in [0.15, 0.2) is 36.4 Å². The zero-order valence-electron chi connectivity index (χ0n) is 19.4. The molecule has 11 heteroatoms. The average molecular weight is 557 g/mol. The Kier molecular flexibility index (Phi) is 10.4. The molecule has 0 bridgehead atoms. The van der Waals surface area contributed by atoms with Crippen LogP contribution < -0.4 is 16.0 Å². The maximum Gasteiger partial charge on any atom is 0.326 e. The van der Waals surface area contributed by atoms with Gasteiger partial charge in [-0.1, -0.05) is 46.9 Å². The zero-order chi connectivity index (χ0) is 26.2. The minimum absolute atomic E-state index is 0.00571. The van der Waals surface area contributed by atoms with Gasteiger partial charge in [0.05, 0.1) is 27.8 Å². The Morgan fingerprint density at radius 1 is 1.08 bits per heavy atom. The van der Waals surface area contributed by atoms with E-state index in [-0.39, 0.29) is 40.5 Å². The predicted octanol–water partition coefficient (Wildman–Crippen LogP) is 3.75. The van der Waals surface area contributed by atoms with Gasteiger partial charge in [-0.2, -0.15) is 0 Å². The van der Waals surface area contributed by atoms with Gasteiger partial charge >= 0.3 is 5.97 Å². The highest BCUT2D eigenvalue weighted by Crippen LogP contribution is 2.29. The number of amides is 2. The van der Waals surface area contributed by atoms with Crippen molar-refractivity contribution >= 4 is 52.6 Å². The monoisotopic (exact) mass is 555 g/mol. The Labute approximate surface area is 224 Å². The smallest absolute Gasteiger partial charge is 0.326 e. The molecule has 8 nitrogen and oxygen atoms in total. The molecule has 5 N–H and O–H groups in total. The van der Waals surface area contributed by atoms with Crippen LogP contribution in [0.2, 0.25) is 15.1 Å². The maximum absolute atomic E-state index is 12.8. The van der Waals surface area contributed by atoms with E-state index in [9.17, 15) is 24.6 Å². The van der Waals surface area contributed by atoms with Crippen molar-refractivity contribution in [2.24, 2.45) is 0 Å². The number of aliphatic hydroxyl groups is 1. The number of hydrogen-bond acceptors (Lipinski definition) is 5. The predicted molar refractivity (Wildman–Crippen MR) is 139 cm³/mol. The number of carbonyl (C=O) groups is 3. The maximum atomic E-state index is 12.8. The summed E-state index contributed by atoms with van der Waals surface area (Å²) in [5, 5.41) is 28.8. The molecule has 2 amide bonds. The molecule has 194 valence electrons. The number of carboxylic acid groups (broad SMARTS) is 1. The molecule has 1 saturated heterocycles. The molecule has 3 rings (SSSR count). The number of benzene rings is 2. The van der Waals surface area contributed by atoms with Gasteiger partial charge in [-0.3, -0.25) is 9.59 Å². The molecule has 0 aliphatic carbocycles. The summed E-state index contributed by atoms with van der Waals surface area (Å²) in [5.41, 5.74) is 1.36. The molecule has 0 spiro atoms. The van der Waals surface area contributed by atoms with E-state index in [1.807, 2.05) is 0 Å². The molecule has 36 heavy (non-hydrogen) atoms. The highest BCUT2D eigenvalue weighted by molar-refractivity contribution is 6.39. The van der Waals surface area contributed by atoms with Crippen molar-refractivity contribution < 1.29 is 24.6 Å². The van der Waals surface area contributed by atoms with Crippen molar-refractivity contribution in [2.75, 3.05) is 13.1 Å². The summed E-state index contributed by atoms with van der Waals surface area (Å²) in [6.45, 7) is 0.859. The number of aliphatic carboxylic acids is 1. The summed E-state index contributed by atoms with van der Waals surface area (Å²) in [5.74, 6) is -2.16. The Hall–Kier alpha value is -2.36. The fraction of sp³-hybridized carbons (Fsp3) is 0.400. The molecule has 1 aliphatic rings. The number of carboxylic acids is 1. The highest BCUT2D eigenvalue weighted by Gasteiger charge is 2.26. The molecule has 1 aliphatic heterocycles. The Morgan fingerprint density at radius 2 is 1.81 bits per heavy atom. The summed E-state index contributed by atoms with van der Waals surface area (Å²) < 4.78 is 0. The van der Waals surface area contributed by atoms with Crippen molar-refractivity contribution in [1.82, 2.24) is 16.0 Å². The first-order valence-electron chi connectivity index (χ1n) is 11.6. The summed E-state index contributed by atoms with van der Waals surface area (Å²) >= 11 is 18.6.